The Labute approximate surface area is 239 Å². The first-order chi connectivity index (χ1) is 21.9. The minimum atomic E-state index is -0.444. The molecule has 0 saturated carbocycles. The zero-order valence-corrected chi connectivity index (χ0v) is 21.2. The molecule has 0 N–H and O–H groups in total. The fourth-order valence-electron chi connectivity index (χ4n) is 5.07. The molecule has 186 valence electrons. The molecule has 0 amide bonds. The van der Waals surface area contributed by atoms with Gasteiger partial charge in [-0.05, 0) is 45.2 Å². The molecule has 0 aliphatic carbocycles. The Bertz CT molecular complexity index is 2300. The van der Waals surface area contributed by atoms with Crippen LogP contribution in [0, 0.1) is 6.57 Å². The van der Waals surface area contributed by atoms with E-state index in [0.717, 1.165) is 38.6 Å². The first kappa shape index (κ1) is 18.6. The van der Waals surface area contributed by atoms with Crippen LogP contribution in [0.5, 0.6) is 0 Å². The Balaban J connectivity index is 1.39. The maximum absolute atomic E-state index is 8.62. The monoisotopic (exact) mass is 514 g/mol. The standard InChI is InChI=1S/C37H23N3/c1-38-29-21-19-26(20-22-29)25-15-17-27(18-16-25)30-23-24-33(32-12-6-5-11-31(30)32)37-39-35-14-8-7-13-34(35)36(40-37)28-9-3-2-4-10-28/h2-24H/i2D,3D,4D,9D,10D. The van der Waals surface area contributed by atoms with Crippen molar-refractivity contribution < 1.29 is 6.85 Å². The molecule has 0 fully saturated rings. The average Bonchev–Trinajstić information content (AvgIpc) is 3.09. The highest BCUT2D eigenvalue weighted by molar-refractivity contribution is 6.05. The van der Waals surface area contributed by atoms with E-state index in [4.69, 9.17) is 23.4 Å². The number of para-hydroxylation sites is 1. The molecule has 7 rings (SSSR count). The van der Waals surface area contributed by atoms with Gasteiger partial charge in [-0.25, -0.2) is 14.8 Å². The SMILES string of the molecule is [2H]c1c([2H])c([2H])c(-c2nc(-c3ccc(-c4ccc(-c5ccc([N+]#[C-])cc5)cc4)c4ccccc34)nc3ccccc23)c([2H])c1[2H]. The average molecular weight is 515 g/mol. The molecule has 0 bridgehead atoms. The van der Waals surface area contributed by atoms with E-state index in [9.17, 15) is 0 Å². The lowest BCUT2D eigenvalue weighted by Gasteiger charge is -2.14. The third kappa shape index (κ3) is 4.18. The van der Waals surface area contributed by atoms with Crippen LogP contribution in [0.15, 0.2) is 139 Å². The second-order valence-electron chi connectivity index (χ2n) is 9.36. The van der Waals surface area contributed by atoms with Crippen LogP contribution in [-0.4, -0.2) is 9.97 Å². The van der Waals surface area contributed by atoms with Gasteiger partial charge in [0.15, 0.2) is 11.5 Å². The fraction of sp³-hybridized carbons (Fsp3) is 0. The van der Waals surface area contributed by atoms with Crippen molar-refractivity contribution in [3.8, 4) is 44.9 Å². The minimum Gasteiger partial charge on any atom is -0.238 e. The van der Waals surface area contributed by atoms with E-state index in [2.05, 4.69) is 35.2 Å². The van der Waals surface area contributed by atoms with Crippen LogP contribution in [0.2, 0.25) is 0 Å². The predicted molar refractivity (Wildman–Crippen MR) is 165 cm³/mol. The molecular formula is C37H23N3. The van der Waals surface area contributed by atoms with E-state index in [0.29, 0.717) is 28.1 Å². The summed E-state index contributed by atoms with van der Waals surface area (Å²) in [6.45, 7) is 7.19. The molecule has 6 aromatic carbocycles. The highest BCUT2D eigenvalue weighted by atomic mass is 14.9. The van der Waals surface area contributed by atoms with Crippen LogP contribution < -0.4 is 0 Å². The van der Waals surface area contributed by atoms with Crippen molar-refractivity contribution in [2.75, 3.05) is 0 Å². The van der Waals surface area contributed by atoms with Gasteiger partial charge in [-0.2, -0.15) is 0 Å². The van der Waals surface area contributed by atoms with E-state index < -0.39 is 18.1 Å². The van der Waals surface area contributed by atoms with Crippen LogP contribution >= 0.6 is 0 Å². The molecule has 3 nitrogen and oxygen atoms in total. The zero-order chi connectivity index (χ0) is 31.2. The minimum absolute atomic E-state index is 0.0468. The molecule has 0 radical (unpaired) electrons. The molecule has 7 aromatic rings. The molecule has 0 aliphatic heterocycles. The molecule has 0 saturated heterocycles. The molecule has 1 aromatic heterocycles. The van der Waals surface area contributed by atoms with Gasteiger partial charge in [0.05, 0.1) is 24.6 Å². The number of nitrogens with zero attached hydrogens (tertiary/aromatic N) is 3. The van der Waals surface area contributed by atoms with Crippen molar-refractivity contribution >= 4 is 27.4 Å². The topological polar surface area (TPSA) is 30.1 Å². The fourth-order valence-corrected chi connectivity index (χ4v) is 5.07. The van der Waals surface area contributed by atoms with Crippen molar-refractivity contribution in [3.05, 3.63) is 151 Å². The molecule has 0 atom stereocenters. The highest BCUT2D eigenvalue weighted by Gasteiger charge is 2.15. The maximum atomic E-state index is 8.62. The van der Waals surface area contributed by atoms with Crippen molar-refractivity contribution in [1.82, 2.24) is 9.97 Å². The third-order valence-corrected chi connectivity index (χ3v) is 7.03. The van der Waals surface area contributed by atoms with Gasteiger partial charge in [0.2, 0.25) is 0 Å². The Hall–Kier alpha value is -5.59. The van der Waals surface area contributed by atoms with E-state index >= 15 is 0 Å². The number of rotatable bonds is 4. The van der Waals surface area contributed by atoms with Crippen LogP contribution in [-0.2, 0) is 0 Å². The molecular weight excluding hydrogens is 486 g/mol. The summed E-state index contributed by atoms with van der Waals surface area (Å²) in [7, 11) is 0. The van der Waals surface area contributed by atoms with Crippen molar-refractivity contribution in [2.45, 2.75) is 0 Å². The Morgan fingerprint density at radius 1 is 0.525 bits per heavy atom. The summed E-state index contributed by atoms with van der Waals surface area (Å²) in [5, 5.41) is 2.53. The van der Waals surface area contributed by atoms with Crippen LogP contribution in [0.1, 0.15) is 6.85 Å². The largest absolute Gasteiger partial charge is 0.238 e. The quantitative estimate of drug-likeness (QED) is 0.219. The van der Waals surface area contributed by atoms with Gasteiger partial charge in [-0.15, -0.1) is 0 Å². The maximum Gasteiger partial charge on any atom is 0.187 e. The number of aromatic nitrogens is 2. The Morgan fingerprint density at radius 2 is 1.10 bits per heavy atom. The summed E-state index contributed by atoms with van der Waals surface area (Å²) in [5.41, 5.74) is 6.50. The van der Waals surface area contributed by atoms with Crippen molar-refractivity contribution in [3.63, 3.8) is 0 Å². The molecule has 40 heavy (non-hydrogen) atoms. The number of hydrogen-bond acceptors (Lipinski definition) is 2. The second-order valence-corrected chi connectivity index (χ2v) is 9.36. The molecule has 0 unspecified atom stereocenters. The normalized spacial score (nSPS) is 12.7. The van der Waals surface area contributed by atoms with Gasteiger partial charge < -0.3 is 0 Å². The second kappa shape index (κ2) is 9.94. The summed E-state index contributed by atoms with van der Waals surface area (Å²) in [6, 6.07) is 33.4. The van der Waals surface area contributed by atoms with Gasteiger partial charge in [0.25, 0.3) is 0 Å². The Kier molecular flexibility index (Phi) is 4.63. The lowest BCUT2D eigenvalue weighted by atomic mass is 9.93. The van der Waals surface area contributed by atoms with Gasteiger partial charge in [0.1, 0.15) is 0 Å². The van der Waals surface area contributed by atoms with E-state index in [1.165, 1.54) is 0 Å². The van der Waals surface area contributed by atoms with Crippen LogP contribution in [0.4, 0.5) is 5.69 Å². The smallest absolute Gasteiger partial charge is 0.187 e. The van der Waals surface area contributed by atoms with Crippen LogP contribution in [0.25, 0.3) is 71.4 Å². The van der Waals surface area contributed by atoms with E-state index in [-0.39, 0.29) is 17.6 Å². The van der Waals surface area contributed by atoms with Crippen molar-refractivity contribution in [1.29, 1.82) is 0 Å². The summed E-state index contributed by atoms with van der Waals surface area (Å²) in [6.07, 6.45) is 0. The van der Waals surface area contributed by atoms with Crippen molar-refractivity contribution in [2.24, 2.45) is 0 Å². The number of fused-ring (bicyclic) bond motifs is 2. The Morgan fingerprint density at radius 3 is 1.80 bits per heavy atom. The molecule has 1 heterocycles. The van der Waals surface area contributed by atoms with Crippen LogP contribution in [0.3, 0.4) is 0 Å². The summed E-state index contributed by atoms with van der Waals surface area (Å²) in [5.74, 6) is 0.400. The van der Waals surface area contributed by atoms with E-state index in [1.807, 2.05) is 72.8 Å². The lowest BCUT2D eigenvalue weighted by Crippen LogP contribution is -1.96. The predicted octanol–water partition coefficient (Wildman–Crippen LogP) is 10.0. The molecule has 0 spiro atoms. The highest BCUT2D eigenvalue weighted by Crippen LogP contribution is 2.37. The number of benzene rings is 6. The van der Waals surface area contributed by atoms with Gasteiger partial charge >= 0.3 is 0 Å². The summed E-state index contributed by atoms with van der Waals surface area (Å²) in [4.78, 5) is 13.2. The first-order valence-electron chi connectivity index (χ1n) is 15.3. The lowest BCUT2D eigenvalue weighted by molar-refractivity contribution is 1.23. The van der Waals surface area contributed by atoms with E-state index in [1.54, 1.807) is 6.07 Å². The summed E-state index contributed by atoms with van der Waals surface area (Å²) < 4.78 is 41.8. The van der Waals surface area contributed by atoms with Gasteiger partial charge in [-0.3, -0.25) is 0 Å². The third-order valence-electron chi connectivity index (χ3n) is 7.03. The summed E-state index contributed by atoms with van der Waals surface area (Å²) >= 11 is 0. The molecule has 0 aliphatic rings. The number of hydrogen-bond donors (Lipinski definition) is 0. The van der Waals surface area contributed by atoms with Gasteiger partial charge in [-0.1, -0.05) is 127 Å². The molecule has 3 heteroatoms. The zero-order valence-electron chi connectivity index (χ0n) is 26.2. The first-order valence-corrected chi connectivity index (χ1v) is 12.8. The van der Waals surface area contributed by atoms with Gasteiger partial charge in [0, 0.05) is 16.5 Å².